The van der Waals surface area contributed by atoms with Crippen LogP contribution in [-0.2, 0) is 14.3 Å². The van der Waals surface area contributed by atoms with Gasteiger partial charge in [0.1, 0.15) is 5.78 Å². The van der Waals surface area contributed by atoms with Crippen molar-refractivity contribution in [3.8, 4) is 0 Å². The topological polar surface area (TPSA) is 63.6 Å². The van der Waals surface area contributed by atoms with E-state index in [1.165, 1.54) is 19.3 Å². The van der Waals surface area contributed by atoms with Gasteiger partial charge in [0.15, 0.2) is 0 Å². The van der Waals surface area contributed by atoms with Crippen LogP contribution in [-0.4, -0.2) is 29.1 Å². The van der Waals surface area contributed by atoms with Crippen molar-refractivity contribution in [2.45, 2.75) is 117 Å². The molecular formula is C28H46O4. The zero-order chi connectivity index (χ0) is 23.1. The molecule has 4 rings (SSSR count). The fourth-order valence-corrected chi connectivity index (χ4v) is 8.98. The Labute approximate surface area is 195 Å². The van der Waals surface area contributed by atoms with E-state index in [0.29, 0.717) is 47.9 Å². The minimum absolute atomic E-state index is 0.0275. The van der Waals surface area contributed by atoms with Crippen LogP contribution >= 0.6 is 0 Å². The summed E-state index contributed by atoms with van der Waals surface area (Å²) < 4.78 is 5.20. The third-order valence-corrected chi connectivity index (χ3v) is 11.1. The van der Waals surface area contributed by atoms with Gasteiger partial charge in [0.2, 0.25) is 0 Å². The lowest BCUT2D eigenvalue weighted by Crippen LogP contribution is -2.58. The molecule has 4 aliphatic carbocycles. The highest BCUT2D eigenvalue weighted by atomic mass is 16.5. The molecule has 8 atom stereocenters. The van der Waals surface area contributed by atoms with E-state index >= 15 is 0 Å². The number of fused-ring (bicyclic) bond motifs is 5. The predicted molar refractivity (Wildman–Crippen MR) is 126 cm³/mol. The lowest BCUT2D eigenvalue weighted by Gasteiger charge is -2.62. The van der Waals surface area contributed by atoms with Crippen LogP contribution in [0.4, 0.5) is 0 Å². The fourth-order valence-electron chi connectivity index (χ4n) is 8.98. The van der Waals surface area contributed by atoms with Gasteiger partial charge in [-0.15, -0.1) is 0 Å². The maximum absolute atomic E-state index is 12.3. The maximum Gasteiger partial charge on any atom is 0.305 e. The summed E-state index contributed by atoms with van der Waals surface area (Å²) >= 11 is 0. The van der Waals surface area contributed by atoms with Gasteiger partial charge in [-0.3, -0.25) is 9.59 Å². The Hall–Kier alpha value is -0.900. The van der Waals surface area contributed by atoms with Crippen molar-refractivity contribution in [1.82, 2.24) is 0 Å². The summed E-state index contributed by atoms with van der Waals surface area (Å²) in [4.78, 5) is 23.6. The van der Waals surface area contributed by atoms with Crippen molar-refractivity contribution in [2.75, 3.05) is 6.61 Å². The molecule has 32 heavy (non-hydrogen) atoms. The van der Waals surface area contributed by atoms with Crippen LogP contribution in [0.3, 0.4) is 0 Å². The number of rotatable bonds is 7. The predicted octanol–water partition coefficient (Wildman–Crippen LogP) is 6.09. The molecule has 0 unspecified atom stereocenters. The van der Waals surface area contributed by atoms with E-state index in [2.05, 4.69) is 20.8 Å². The van der Waals surface area contributed by atoms with E-state index in [1.807, 2.05) is 6.92 Å². The minimum atomic E-state index is -0.547. The SMILES string of the molecule is CCC(=O)OCCCCC[C@]1(O)CC[C@H]2[C@@H]3CC[C@H]4CC(=O)C[C@H](C)[C@]4(C)[C@H]3CC[C@@]21C. The molecule has 0 radical (unpaired) electrons. The van der Waals surface area contributed by atoms with Crippen LogP contribution < -0.4 is 0 Å². The number of aliphatic hydroxyl groups is 1. The first kappa shape index (κ1) is 24.2. The molecule has 0 aromatic heterocycles. The molecule has 182 valence electrons. The van der Waals surface area contributed by atoms with Crippen LogP contribution in [0.1, 0.15) is 111 Å². The molecule has 4 fully saturated rings. The number of ether oxygens (including phenoxy) is 1. The average Bonchev–Trinajstić information content (AvgIpc) is 3.02. The molecule has 0 bridgehead atoms. The molecule has 0 heterocycles. The summed E-state index contributed by atoms with van der Waals surface area (Å²) in [5, 5.41) is 11.9. The third kappa shape index (κ3) is 3.87. The van der Waals surface area contributed by atoms with Gasteiger partial charge in [-0.1, -0.05) is 34.1 Å². The summed E-state index contributed by atoms with van der Waals surface area (Å²) in [7, 11) is 0. The first-order valence-corrected chi connectivity index (χ1v) is 13.6. The normalized spacial score (nSPS) is 45.7. The molecule has 0 spiro atoms. The van der Waals surface area contributed by atoms with Gasteiger partial charge in [-0.2, -0.15) is 0 Å². The molecule has 0 aromatic carbocycles. The van der Waals surface area contributed by atoms with Crippen molar-refractivity contribution in [1.29, 1.82) is 0 Å². The Morgan fingerprint density at radius 2 is 1.78 bits per heavy atom. The number of carbonyl (C=O) groups excluding carboxylic acids is 2. The summed E-state index contributed by atoms with van der Waals surface area (Å²) in [6.45, 7) is 9.58. The highest BCUT2D eigenvalue weighted by molar-refractivity contribution is 5.80. The molecule has 1 N–H and O–H groups in total. The number of hydrogen-bond donors (Lipinski definition) is 1. The molecule has 0 amide bonds. The Morgan fingerprint density at radius 3 is 2.53 bits per heavy atom. The minimum Gasteiger partial charge on any atom is -0.466 e. The van der Waals surface area contributed by atoms with Gasteiger partial charge in [0, 0.05) is 19.3 Å². The van der Waals surface area contributed by atoms with Crippen LogP contribution in [0.5, 0.6) is 0 Å². The molecule has 0 aromatic rings. The van der Waals surface area contributed by atoms with Crippen molar-refractivity contribution in [3.63, 3.8) is 0 Å². The van der Waals surface area contributed by atoms with E-state index in [0.717, 1.165) is 63.7 Å². The Bertz CT molecular complexity index is 718. The highest BCUT2D eigenvalue weighted by Crippen LogP contribution is 2.69. The second kappa shape index (κ2) is 9.04. The molecular weight excluding hydrogens is 400 g/mol. The van der Waals surface area contributed by atoms with E-state index < -0.39 is 5.60 Å². The van der Waals surface area contributed by atoms with E-state index in [9.17, 15) is 14.7 Å². The number of esters is 1. The fraction of sp³-hybridized carbons (Fsp3) is 0.929. The molecule has 4 aliphatic rings. The molecule has 4 heteroatoms. The van der Waals surface area contributed by atoms with Gasteiger partial charge in [-0.05, 0) is 98.2 Å². The van der Waals surface area contributed by atoms with E-state index in [4.69, 9.17) is 4.74 Å². The second-order valence-electron chi connectivity index (χ2n) is 12.3. The quantitative estimate of drug-likeness (QED) is 0.380. The first-order chi connectivity index (χ1) is 15.2. The van der Waals surface area contributed by atoms with Crippen molar-refractivity contribution < 1.29 is 19.4 Å². The Kier molecular flexibility index (Phi) is 6.85. The van der Waals surface area contributed by atoms with Gasteiger partial charge in [-0.25, -0.2) is 0 Å². The first-order valence-electron chi connectivity index (χ1n) is 13.6. The monoisotopic (exact) mass is 446 g/mol. The third-order valence-electron chi connectivity index (χ3n) is 11.1. The number of unbranched alkanes of at least 4 members (excludes halogenated alkanes) is 2. The van der Waals surface area contributed by atoms with Gasteiger partial charge in [0.25, 0.3) is 0 Å². The van der Waals surface area contributed by atoms with Gasteiger partial charge < -0.3 is 9.84 Å². The van der Waals surface area contributed by atoms with Crippen LogP contribution in [0.25, 0.3) is 0 Å². The summed E-state index contributed by atoms with van der Waals surface area (Å²) in [6.07, 6.45) is 12.7. The number of carbonyl (C=O) groups is 2. The van der Waals surface area contributed by atoms with Gasteiger partial charge in [0.05, 0.1) is 12.2 Å². The molecule has 4 saturated carbocycles. The molecule has 0 saturated heterocycles. The van der Waals surface area contributed by atoms with Gasteiger partial charge >= 0.3 is 5.97 Å². The van der Waals surface area contributed by atoms with E-state index in [-0.39, 0.29) is 11.4 Å². The zero-order valence-corrected chi connectivity index (χ0v) is 21.0. The number of ketones is 1. The Morgan fingerprint density at radius 1 is 1.03 bits per heavy atom. The molecule has 4 nitrogen and oxygen atoms in total. The van der Waals surface area contributed by atoms with Crippen molar-refractivity contribution >= 4 is 11.8 Å². The maximum atomic E-state index is 12.3. The standard InChI is InChI=1S/C28H46O4/c1-5-25(30)32-16-8-6-7-13-28(31)15-12-23-22-10-9-20-18-21(29)17-19(2)27(20,4)24(22)11-14-26(23,28)3/h19-20,22-24,31H,5-18H2,1-4H3/t19-,20-,22-,23-,24-,26-,27-,28-/m0/s1. The lowest BCUT2D eigenvalue weighted by molar-refractivity contribution is -0.169. The highest BCUT2D eigenvalue weighted by Gasteiger charge is 2.65. The smallest absolute Gasteiger partial charge is 0.305 e. The number of hydrogen-bond acceptors (Lipinski definition) is 4. The van der Waals surface area contributed by atoms with Crippen LogP contribution in [0.2, 0.25) is 0 Å². The summed E-state index contributed by atoms with van der Waals surface area (Å²) in [5.41, 5.74) is -0.219. The van der Waals surface area contributed by atoms with Crippen molar-refractivity contribution in [3.05, 3.63) is 0 Å². The largest absolute Gasteiger partial charge is 0.466 e. The lowest BCUT2D eigenvalue weighted by atomic mass is 9.42. The molecule has 0 aliphatic heterocycles. The van der Waals surface area contributed by atoms with Crippen LogP contribution in [0.15, 0.2) is 0 Å². The van der Waals surface area contributed by atoms with E-state index in [1.54, 1.807) is 0 Å². The van der Waals surface area contributed by atoms with Crippen molar-refractivity contribution in [2.24, 2.45) is 40.4 Å². The summed E-state index contributed by atoms with van der Waals surface area (Å²) in [6, 6.07) is 0. The number of Topliss-reactive ketones (excluding diaryl/α,β-unsaturated/α-hetero) is 1. The van der Waals surface area contributed by atoms with Crippen LogP contribution in [0, 0.1) is 40.4 Å². The second-order valence-corrected chi connectivity index (χ2v) is 12.3. The average molecular weight is 447 g/mol. The zero-order valence-electron chi connectivity index (χ0n) is 21.0. The summed E-state index contributed by atoms with van der Waals surface area (Å²) in [5.74, 6) is 3.50. The Balaban J connectivity index is 1.39.